The van der Waals surface area contributed by atoms with Gasteiger partial charge >= 0.3 is 5.97 Å². The predicted molar refractivity (Wildman–Crippen MR) is 57.8 cm³/mol. The van der Waals surface area contributed by atoms with Gasteiger partial charge in [0.25, 0.3) is 5.91 Å². The molecule has 1 heterocycles. The van der Waals surface area contributed by atoms with E-state index in [-0.39, 0.29) is 12.3 Å². The zero-order valence-electron chi connectivity index (χ0n) is 9.57. The summed E-state index contributed by atoms with van der Waals surface area (Å²) in [7, 11) is 0. The SMILES string of the molecule is CCOC(=O)C(C)NC(=O)c1ccc(F)cn1. The van der Waals surface area contributed by atoms with Gasteiger partial charge in [-0.1, -0.05) is 0 Å². The number of rotatable bonds is 4. The molecule has 1 rings (SSSR count). The minimum absolute atomic E-state index is 0.0440. The number of nitrogens with zero attached hydrogens (tertiary/aromatic N) is 1. The number of esters is 1. The average molecular weight is 240 g/mol. The van der Waals surface area contributed by atoms with Gasteiger partial charge in [0.05, 0.1) is 12.8 Å². The third kappa shape index (κ3) is 3.82. The number of halogens is 1. The molecule has 0 saturated heterocycles. The van der Waals surface area contributed by atoms with Crippen molar-refractivity contribution in [1.29, 1.82) is 0 Å². The first-order valence-electron chi connectivity index (χ1n) is 5.13. The summed E-state index contributed by atoms with van der Waals surface area (Å²) in [6.45, 7) is 3.42. The summed E-state index contributed by atoms with van der Waals surface area (Å²) in [4.78, 5) is 26.4. The highest BCUT2D eigenvalue weighted by Crippen LogP contribution is 1.99. The van der Waals surface area contributed by atoms with Crippen molar-refractivity contribution in [2.45, 2.75) is 19.9 Å². The zero-order chi connectivity index (χ0) is 12.8. The van der Waals surface area contributed by atoms with E-state index >= 15 is 0 Å². The van der Waals surface area contributed by atoms with Crippen molar-refractivity contribution in [1.82, 2.24) is 10.3 Å². The second-order valence-corrected chi connectivity index (χ2v) is 3.31. The molecule has 1 atom stereocenters. The van der Waals surface area contributed by atoms with E-state index in [1.807, 2.05) is 0 Å². The van der Waals surface area contributed by atoms with E-state index in [2.05, 4.69) is 10.3 Å². The van der Waals surface area contributed by atoms with Crippen molar-refractivity contribution >= 4 is 11.9 Å². The molecule has 0 spiro atoms. The number of carbonyl (C=O) groups is 2. The van der Waals surface area contributed by atoms with Crippen LogP contribution >= 0.6 is 0 Å². The van der Waals surface area contributed by atoms with Gasteiger partial charge in [0.1, 0.15) is 17.6 Å². The lowest BCUT2D eigenvalue weighted by atomic mass is 10.3. The largest absolute Gasteiger partial charge is 0.464 e. The van der Waals surface area contributed by atoms with E-state index in [1.165, 1.54) is 13.0 Å². The Bertz CT molecular complexity index is 406. The van der Waals surface area contributed by atoms with Crippen LogP contribution in [-0.4, -0.2) is 29.5 Å². The van der Waals surface area contributed by atoms with E-state index in [9.17, 15) is 14.0 Å². The monoisotopic (exact) mass is 240 g/mol. The van der Waals surface area contributed by atoms with Crippen molar-refractivity contribution in [3.8, 4) is 0 Å². The summed E-state index contributed by atoms with van der Waals surface area (Å²) < 4.78 is 17.3. The van der Waals surface area contributed by atoms with Crippen molar-refractivity contribution in [3.05, 3.63) is 29.8 Å². The fraction of sp³-hybridized carbons (Fsp3) is 0.364. The minimum atomic E-state index is -0.769. The molecular weight excluding hydrogens is 227 g/mol. The molecule has 5 nitrogen and oxygen atoms in total. The van der Waals surface area contributed by atoms with E-state index in [0.717, 1.165) is 12.3 Å². The first kappa shape index (κ1) is 13.1. The Morgan fingerprint density at radius 2 is 2.24 bits per heavy atom. The maximum Gasteiger partial charge on any atom is 0.328 e. The third-order valence-electron chi connectivity index (χ3n) is 1.95. The number of amides is 1. The highest BCUT2D eigenvalue weighted by molar-refractivity contribution is 5.94. The van der Waals surface area contributed by atoms with Gasteiger partial charge in [-0.15, -0.1) is 0 Å². The van der Waals surface area contributed by atoms with E-state index in [4.69, 9.17) is 4.74 Å². The van der Waals surface area contributed by atoms with E-state index in [0.29, 0.717) is 0 Å². The lowest BCUT2D eigenvalue weighted by Gasteiger charge is -2.11. The minimum Gasteiger partial charge on any atom is -0.464 e. The second-order valence-electron chi connectivity index (χ2n) is 3.31. The molecule has 0 aliphatic heterocycles. The van der Waals surface area contributed by atoms with Crippen LogP contribution in [0.2, 0.25) is 0 Å². The quantitative estimate of drug-likeness (QED) is 0.794. The van der Waals surface area contributed by atoms with Gasteiger partial charge < -0.3 is 10.1 Å². The molecule has 0 aliphatic rings. The normalized spacial score (nSPS) is 11.7. The molecule has 1 aromatic rings. The maximum absolute atomic E-state index is 12.6. The summed E-state index contributed by atoms with van der Waals surface area (Å²) in [5.74, 6) is -1.60. The molecule has 0 aliphatic carbocycles. The lowest BCUT2D eigenvalue weighted by molar-refractivity contribution is -0.144. The molecule has 0 aromatic carbocycles. The molecule has 0 radical (unpaired) electrons. The highest BCUT2D eigenvalue weighted by atomic mass is 19.1. The third-order valence-corrected chi connectivity index (χ3v) is 1.95. The van der Waals surface area contributed by atoms with Crippen LogP contribution in [0.1, 0.15) is 24.3 Å². The predicted octanol–water partition coefficient (Wildman–Crippen LogP) is 0.902. The molecule has 0 fully saturated rings. The van der Waals surface area contributed by atoms with Crippen molar-refractivity contribution in [3.63, 3.8) is 0 Å². The number of ether oxygens (including phenoxy) is 1. The van der Waals surface area contributed by atoms with Crippen LogP contribution in [0.5, 0.6) is 0 Å². The summed E-state index contributed by atoms with van der Waals surface area (Å²) in [6, 6.07) is 1.59. The van der Waals surface area contributed by atoms with Crippen LogP contribution in [-0.2, 0) is 9.53 Å². The van der Waals surface area contributed by atoms with Gasteiger partial charge in [0, 0.05) is 0 Å². The summed E-state index contributed by atoms with van der Waals surface area (Å²) in [5.41, 5.74) is 0.0440. The Morgan fingerprint density at radius 3 is 2.76 bits per heavy atom. The molecule has 1 unspecified atom stereocenters. The second kappa shape index (κ2) is 5.93. The number of pyridine rings is 1. The van der Waals surface area contributed by atoms with Gasteiger partial charge in [0.2, 0.25) is 0 Å². The number of hydrogen-bond acceptors (Lipinski definition) is 4. The molecule has 0 saturated carbocycles. The van der Waals surface area contributed by atoms with E-state index < -0.39 is 23.7 Å². The van der Waals surface area contributed by atoms with Crippen LogP contribution in [0.3, 0.4) is 0 Å². The first-order chi connectivity index (χ1) is 8.04. The Balaban J connectivity index is 2.60. The van der Waals surface area contributed by atoms with Gasteiger partial charge in [0.15, 0.2) is 0 Å². The Kier molecular flexibility index (Phi) is 4.56. The first-order valence-corrected chi connectivity index (χ1v) is 5.13. The Hall–Kier alpha value is -1.98. The van der Waals surface area contributed by atoms with Crippen LogP contribution in [0, 0.1) is 5.82 Å². The zero-order valence-corrected chi connectivity index (χ0v) is 9.57. The van der Waals surface area contributed by atoms with Crippen LogP contribution < -0.4 is 5.32 Å². The number of hydrogen-bond donors (Lipinski definition) is 1. The average Bonchev–Trinajstić information content (AvgIpc) is 2.30. The Labute approximate surface area is 98.0 Å². The number of nitrogens with one attached hydrogen (secondary N) is 1. The van der Waals surface area contributed by atoms with Crippen molar-refractivity contribution in [2.24, 2.45) is 0 Å². The lowest BCUT2D eigenvalue weighted by Crippen LogP contribution is -2.39. The summed E-state index contributed by atoms with van der Waals surface area (Å²) in [6.07, 6.45) is 0.934. The van der Waals surface area contributed by atoms with Gasteiger partial charge in [-0.05, 0) is 26.0 Å². The molecule has 6 heteroatoms. The van der Waals surface area contributed by atoms with Crippen LogP contribution in [0.15, 0.2) is 18.3 Å². The summed E-state index contributed by atoms with van der Waals surface area (Å²) in [5, 5.41) is 2.40. The van der Waals surface area contributed by atoms with Gasteiger partial charge in [-0.3, -0.25) is 4.79 Å². The highest BCUT2D eigenvalue weighted by Gasteiger charge is 2.17. The summed E-state index contributed by atoms with van der Waals surface area (Å²) >= 11 is 0. The molecule has 92 valence electrons. The molecular formula is C11H13FN2O3. The molecule has 17 heavy (non-hydrogen) atoms. The topological polar surface area (TPSA) is 68.3 Å². The van der Waals surface area contributed by atoms with Crippen molar-refractivity contribution in [2.75, 3.05) is 6.61 Å². The molecule has 0 bridgehead atoms. The Morgan fingerprint density at radius 1 is 1.53 bits per heavy atom. The smallest absolute Gasteiger partial charge is 0.328 e. The maximum atomic E-state index is 12.6. The molecule has 1 aromatic heterocycles. The van der Waals surface area contributed by atoms with E-state index in [1.54, 1.807) is 6.92 Å². The standard InChI is InChI=1S/C11H13FN2O3/c1-3-17-11(16)7(2)14-10(15)9-5-4-8(12)6-13-9/h4-7H,3H2,1-2H3,(H,14,15). The molecule has 1 N–H and O–H groups in total. The molecule has 1 amide bonds. The number of aromatic nitrogens is 1. The van der Waals surface area contributed by atoms with Gasteiger partial charge in [-0.25, -0.2) is 14.2 Å². The fourth-order valence-electron chi connectivity index (χ4n) is 1.11. The number of carbonyl (C=O) groups excluding carboxylic acids is 2. The van der Waals surface area contributed by atoms with Crippen LogP contribution in [0.25, 0.3) is 0 Å². The van der Waals surface area contributed by atoms with Gasteiger partial charge in [-0.2, -0.15) is 0 Å². The van der Waals surface area contributed by atoms with Crippen LogP contribution in [0.4, 0.5) is 4.39 Å². The fourth-order valence-corrected chi connectivity index (χ4v) is 1.11. The van der Waals surface area contributed by atoms with Crippen molar-refractivity contribution < 1.29 is 18.7 Å².